The zero-order valence-corrected chi connectivity index (χ0v) is 11.4. The summed E-state index contributed by atoms with van der Waals surface area (Å²) in [6.45, 7) is 0. The first-order valence-electron chi connectivity index (χ1n) is 5.89. The SMILES string of the molecule is Cn1nc2c(c1NC(=O)CCS(C)(=O)=O)CCC2. The maximum atomic E-state index is 11.7. The van der Waals surface area contributed by atoms with Gasteiger partial charge in [-0.25, -0.2) is 8.42 Å². The van der Waals surface area contributed by atoms with Gasteiger partial charge in [0.15, 0.2) is 0 Å². The fraction of sp³-hybridized carbons (Fsp3) is 0.636. The summed E-state index contributed by atoms with van der Waals surface area (Å²) in [7, 11) is -1.32. The van der Waals surface area contributed by atoms with E-state index in [1.54, 1.807) is 11.7 Å². The highest BCUT2D eigenvalue weighted by atomic mass is 32.2. The molecule has 0 atom stereocenters. The number of carbonyl (C=O) groups is 1. The minimum absolute atomic E-state index is 0.0151. The Morgan fingerprint density at radius 3 is 2.83 bits per heavy atom. The van der Waals surface area contributed by atoms with Crippen molar-refractivity contribution in [3.63, 3.8) is 0 Å². The van der Waals surface area contributed by atoms with Gasteiger partial charge in [-0.3, -0.25) is 9.48 Å². The molecule has 6 nitrogen and oxygen atoms in total. The number of anilines is 1. The standard InChI is InChI=1S/C11H17N3O3S/c1-14-11(8-4-3-5-9(8)13-14)12-10(15)6-7-18(2,16)17/h3-7H2,1-2H3,(H,12,15). The average molecular weight is 271 g/mol. The number of sulfone groups is 1. The monoisotopic (exact) mass is 271 g/mol. The van der Waals surface area contributed by atoms with Crippen LogP contribution in [-0.2, 0) is 34.5 Å². The number of amides is 1. The fourth-order valence-electron chi connectivity index (χ4n) is 2.15. The van der Waals surface area contributed by atoms with E-state index in [0.29, 0.717) is 5.82 Å². The van der Waals surface area contributed by atoms with E-state index in [4.69, 9.17) is 0 Å². The lowest BCUT2D eigenvalue weighted by Crippen LogP contribution is -2.19. The second-order valence-electron chi connectivity index (χ2n) is 4.68. The minimum atomic E-state index is -3.10. The smallest absolute Gasteiger partial charge is 0.226 e. The van der Waals surface area contributed by atoms with Crippen LogP contribution in [0.5, 0.6) is 0 Å². The van der Waals surface area contributed by atoms with Gasteiger partial charge < -0.3 is 5.32 Å². The van der Waals surface area contributed by atoms with Crippen LogP contribution < -0.4 is 5.32 Å². The van der Waals surface area contributed by atoms with Crippen molar-refractivity contribution in [1.82, 2.24) is 9.78 Å². The Morgan fingerprint density at radius 1 is 1.44 bits per heavy atom. The molecule has 1 amide bonds. The molecule has 1 aromatic heterocycles. The molecular formula is C11H17N3O3S. The molecule has 0 aromatic carbocycles. The maximum Gasteiger partial charge on any atom is 0.226 e. The maximum absolute atomic E-state index is 11.7. The molecule has 0 spiro atoms. The molecule has 0 unspecified atom stereocenters. The van der Waals surface area contributed by atoms with Crippen LogP contribution >= 0.6 is 0 Å². The van der Waals surface area contributed by atoms with Crippen LogP contribution in [0.3, 0.4) is 0 Å². The number of fused-ring (bicyclic) bond motifs is 1. The van der Waals surface area contributed by atoms with E-state index in [1.165, 1.54) is 0 Å². The Labute approximate surface area is 106 Å². The third-order valence-electron chi connectivity index (χ3n) is 3.03. The predicted octanol–water partition coefficient (Wildman–Crippen LogP) is 0.282. The van der Waals surface area contributed by atoms with Crippen molar-refractivity contribution in [3.8, 4) is 0 Å². The van der Waals surface area contributed by atoms with Gasteiger partial charge in [0.2, 0.25) is 5.91 Å². The predicted molar refractivity (Wildman–Crippen MR) is 68.2 cm³/mol. The molecule has 7 heteroatoms. The van der Waals surface area contributed by atoms with Gasteiger partial charge in [0.25, 0.3) is 0 Å². The first kappa shape index (κ1) is 13.1. The van der Waals surface area contributed by atoms with Crippen LogP contribution in [0.2, 0.25) is 0 Å². The van der Waals surface area contributed by atoms with E-state index >= 15 is 0 Å². The highest BCUT2D eigenvalue weighted by molar-refractivity contribution is 7.90. The fourth-order valence-corrected chi connectivity index (χ4v) is 2.70. The zero-order valence-electron chi connectivity index (χ0n) is 10.6. The van der Waals surface area contributed by atoms with Gasteiger partial charge in [0.05, 0.1) is 11.4 Å². The normalized spacial score (nSPS) is 14.6. The first-order chi connectivity index (χ1) is 8.37. The summed E-state index contributed by atoms with van der Waals surface area (Å²) in [6, 6.07) is 0. The van der Waals surface area contributed by atoms with Gasteiger partial charge in [-0.15, -0.1) is 0 Å². The van der Waals surface area contributed by atoms with E-state index in [0.717, 1.165) is 36.8 Å². The molecule has 0 fully saturated rings. The Balaban J connectivity index is 2.04. The highest BCUT2D eigenvalue weighted by Crippen LogP contribution is 2.27. The van der Waals surface area contributed by atoms with E-state index in [1.807, 2.05) is 0 Å². The number of nitrogens with one attached hydrogen (secondary N) is 1. The van der Waals surface area contributed by atoms with Crippen LogP contribution in [0.4, 0.5) is 5.82 Å². The average Bonchev–Trinajstić information content (AvgIpc) is 2.79. The third-order valence-corrected chi connectivity index (χ3v) is 3.97. The third kappa shape index (κ3) is 2.90. The number of aryl methyl sites for hydroxylation is 2. The van der Waals surface area contributed by atoms with Gasteiger partial charge in [-0.05, 0) is 19.3 Å². The molecule has 1 aliphatic carbocycles. The van der Waals surface area contributed by atoms with Crippen molar-refractivity contribution in [2.24, 2.45) is 7.05 Å². The topological polar surface area (TPSA) is 81.1 Å². The lowest BCUT2D eigenvalue weighted by molar-refractivity contribution is -0.115. The molecule has 1 heterocycles. The summed E-state index contributed by atoms with van der Waals surface area (Å²) in [6.07, 6.45) is 4.04. The number of nitrogens with zero attached hydrogens (tertiary/aromatic N) is 2. The number of hydrogen-bond acceptors (Lipinski definition) is 4. The molecule has 1 aliphatic rings. The van der Waals surface area contributed by atoms with Crippen molar-refractivity contribution < 1.29 is 13.2 Å². The second kappa shape index (κ2) is 4.72. The minimum Gasteiger partial charge on any atom is -0.311 e. The van der Waals surface area contributed by atoms with Crippen molar-refractivity contribution in [2.75, 3.05) is 17.3 Å². The molecule has 0 saturated carbocycles. The largest absolute Gasteiger partial charge is 0.311 e. The number of carbonyl (C=O) groups excluding carboxylic acids is 1. The van der Waals surface area contributed by atoms with Crippen LogP contribution in [0.25, 0.3) is 0 Å². The van der Waals surface area contributed by atoms with Gasteiger partial charge in [-0.1, -0.05) is 0 Å². The second-order valence-corrected chi connectivity index (χ2v) is 6.94. The van der Waals surface area contributed by atoms with E-state index in [-0.39, 0.29) is 18.1 Å². The van der Waals surface area contributed by atoms with Crippen LogP contribution in [0.1, 0.15) is 24.1 Å². The van der Waals surface area contributed by atoms with Crippen LogP contribution in [0.15, 0.2) is 0 Å². The summed E-state index contributed by atoms with van der Waals surface area (Å²) in [4.78, 5) is 11.7. The van der Waals surface area contributed by atoms with Gasteiger partial charge in [-0.2, -0.15) is 5.10 Å². The van der Waals surface area contributed by atoms with Crippen molar-refractivity contribution >= 4 is 21.6 Å². The van der Waals surface area contributed by atoms with E-state index in [9.17, 15) is 13.2 Å². The molecule has 2 rings (SSSR count). The zero-order chi connectivity index (χ0) is 13.3. The Morgan fingerprint density at radius 2 is 2.17 bits per heavy atom. The Kier molecular flexibility index (Phi) is 3.43. The Hall–Kier alpha value is -1.37. The molecule has 18 heavy (non-hydrogen) atoms. The van der Waals surface area contributed by atoms with Crippen molar-refractivity contribution in [3.05, 3.63) is 11.3 Å². The summed E-state index contributed by atoms with van der Waals surface area (Å²) in [5.41, 5.74) is 2.13. The summed E-state index contributed by atoms with van der Waals surface area (Å²) >= 11 is 0. The number of aromatic nitrogens is 2. The summed E-state index contributed by atoms with van der Waals surface area (Å²) in [5.74, 6) is 0.304. The number of hydrogen-bond donors (Lipinski definition) is 1. The molecule has 100 valence electrons. The lowest BCUT2D eigenvalue weighted by Gasteiger charge is -2.07. The number of rotatable bonds is 4. The summed E-state index contributed by atoms with van der Waals surface area (Å²) < 4.78 is 23.6. The molecule has 1 aromatic rings. The van der Waals surface area contributed by atoms with Gasteiger partial charge in [0, 0.05) is 25.3 Å². The summed E-state index contributed by atoms with van der Waals surface area (Å²) in [5, 5.41) is 7.10. The first-order valence-corrected chi connectivity index (χ1v) is 7.95. The molecular weight excluding hydrogens is 254 g/mol. The molecule has 1 N–H and O–H groups in total. The van der Waals surface area contributed by atoms with Crippen molar-refractivity contribution in [1.29, 1.82) is 0 Å². The van der Waals surface area contributed by atoms with Crippen LogP contribution in [0, 0.1) is 0 Å². The van der Waals surface area contributed by atoms with Gasteiger partial charge in [0.1, 0.15) is 15.7 Å². The molecule has 0 saturated heterocycles. The quantitative estimate of drug-likeness (QED) is 0.853. The van der Waals surface area contributed by atoms with Gasteiger partial charge >= 0.3 is 0 Å². The molecule has 0 aliphatic heterocycles. The molecule has 0 radical (unpaired) electrons. The Bertz CT molecular complexity index is 575. The van der Waals surface area contributed by atoms with Crippen molar-refractivity contribution in [2.45, 2.75) is 25.7 Å². The van der Waals surface area contributed by atoms with E-state index < -0.39 is 9.84 Å². The van der Waals surface area contributed by atoms with E-state index in [2.05, 4.69) is 10.4 Å². The highest BCUT2D eigenvalue weighted by Gasteiger charge is 2.22. The lowest BCUT2D eigenvalue weighted by atomic mass is 10.2. The van der Waals surface area contributed by atoms with Crippen LogP contribution in [-0.4, -0.2) is 36.1 Å². The molecule has 0 bridgehead atoms.